The molecule has 0 aliphatic carbocycles. The zero-order valence-electron chi connectivity index (χ0n) is 3.49. The van der Waals surface area contributed by atoms with Gasteiger partial charge in [0.25, 0.3) is 0 Å². The Balaban J connectivity index is 0. The normalized spacial score (nSPS) is 5.00. The zero-order valence-corrected chi connectivity index (χ0v) is 5.49. The molecule has 0 aliphatic rings. The summed E-state index contributed by atoms with van der Waals surface area (Å²) in [5.74, 6) is -0.333. The van der Waals surface area contributed by atoms with Crippen molar-refractivity contribution in [3.63, 3.8) is 0 Å². The van der Waals surface area contributed by atoms with Gasteiger partial charge < -0.3 is 5.73 Å². The predicted octanol–water partition coefficient (Wildman–Crippen LogP) is -0.889. The van der Waals surface area contributed by atoms with Gasteiger partial charge in [-0.15, -0.1) is 0 Å². The van der Waals surface area contributed by atoms with Crippen LogP contribution in [0.15, 0.2) is 0 Å². The van der Waals surface area contributed by atoms with E-state index in [1.165, 1.54) is 6.92 Å². The molecule has 1 radical (unpaired) electrons. The van der Waals surface area contributed by atoms with E-state index in [9.17, 15) is 4.79 Å². The molecule has 5 heavy (non-hydrogen) atoms. The summed E-state index contributed by atoms with van der Waals surface area (Å²) in [6, 6.07) is 0. The van der Waals surface area contributed by atoms with Gasteiger partial charge in [0.05, 0.1) is 0 Å². The summed E-state index contributed by atoms with van der Waals surface area (Å²) in [7, 11) is 0. The van der Waals surface area contributed by atoms with Gasteiger partial charge in [-0.25, -0.2) is 0 Å². The second kappa shape index (κ2) is 4.47. The number of nitrogens with two attached hydrogens (primary N) is 1. The van der Waals surface area contributed by atoms with E-state index in [1.54, 1.807) is 0 Å². The number of carbonyl (C=O) groups is 1. The van der Waals surface area contributed by atoms with Crippen LogP contribution in [0.2, 0.25) is 0 Å². The first kappa shape index (κ1) is 9.08. The summed E-state index contributed by atoms with van der Waals surface area (Å²) in [5, 5.41) is 0. The topological polar surface area (TPSA) is 43.1 Å². The van der Waals surface area contributed by atoms with E-state index >= 15 is 0 Å². The Labute approximate surface area is 53.0 Å². The van der Waals surface area contributed by atoms with Gasteiger partial charge in [-0.05, 0) is 0 Å². The Morgan fingerprint density at radius 1 is 1.80 bits per heavy atom. The number of hydrogen-bond donors (Lipinski definition) is 1. The molecule has 25 valence electrons. The minimum absolute atomic E-state index is 0. The van der Waals surface area contributed by atoms with Gasteiger partial charge >= 0.3 is 0 Å². The molecule has 0 aliphatic heterocycles. The van der Waals surface area contributed by atoms with E-state index in [4.69, 9.17) is 0 Å². The van der Waals surface area contributed by atoms with Crippen molar-refractivity contribution < 1.29 is 4.79 Å². The van der Waals surface area contributed by atoms with E-state index in [0.717, 1.165) is 0 Å². The van der Waals surface area contributed by atoms with Gasteiger partial charge in [-0.1, -0.05) is 0 Å². The second-order valence-electron chi connectivity index (χ2n) is 0.611. The summed E-state index contributed by atoms with van der Waals surface area (Å²) in [4.78, 5) is 9.22. The van der Waals surface area contributed by atoms with Crippen molar-refractivity contribution in [2.75, 3.05) is 0 Å². The molecule has 0 saturated heterocycles. The SMILES string of the molecule is CC(N)=O.[Na]. The largest absolute Gasteiger partial charge is 0.370 e. The number of primary amides is 1. The van der Waals surface area contributed by atoms with Crippen LogP contribution in [0.25, 0.3) is 0 Å². The quantitative estimate of drug-likeness (QED) is 0.378. The standard InChI is InChI=1S/C2H5NO.Na/c1-2(3)4;/h1H3,(H2,3,4);. The van der Waals surface area contributed by atoms with Crippen molar-refractivity contribution in [3.05, 3.63) is 0 Å². The minimum atomic E-state index is -0.333. The first-order chi connectivity index (χ1) is 1.73. The molecular weight excluding hydrogens is 77.0 g/mol. The maximum atomic E-state index is 9.22. The van der Waals surface area contributed by atoms with Crippen LogP contribution >= 0.6 is 0 Å². The summed E-state index contributed by atoms with van der Waals surface area (Å²) in [6.07, 6.45) is 0. The predicted molar refractivity (Wildman–Crippen MR) is 20.6 cm³/mol. The van der Waals surface area contributed by atoms with Crippen LogP contribution in [0.1, 0.15) is 6.92 Å². The van der Waals surface area contributed by atoms with Crippen molar-refractivity contribution in [3.8, 4) is 0 Å². The van der Waals surface area contributed by atoms with E-state index in [0.29, 0.717) is 0 Å². The summed E-state index contributed by atoms with van der Waals surface area (Å²) < 4.78 is 0. The average Bonchev–Trinajstić information content (AvgIpc) is 0.811. The molecule has 0 rings (SSSR count). The van der Waals surface area contributed by atoms with E-state index in [-0.39, 0.29) is 35.5 Å². The Bertz CT molecular complexity index is 32.6. The van der Waals surface area contributed by atoms with Crippen LogP contribution in [0.4, 0.5) is 0 Å². The van der Waals surface area contributed by atoms with Crippen molar-refractivity contribution in [2.45, 2.75) is 6.92 Å². The van der Waals surface area contributed by atoms with Crippen LogP contribution in [-0.2, 0) is 4.79 Å². The third kappa shape index (κ3) is 123. The van der Waals surface area contributed by atoms with Gasteiger partial charge in [0.15, 0.2) is 0 Å². The van der Waals surface area contributed by atoms with Crippen LogP contribution in [0.3, 0.4) is 0 Å². The summed E-state index contributed by atoms with van der Waals surface area (Å²) in [6.45, 7) is 1.31. The van der Waals surface area contributed by atoms with Crippen LogP contribution in [0.5, 0.6) is 0 Å². The first-order valence-corrected chi connectivity index (χ1v) is 0.993. The molecule has 0 atom stereocenters. The van der Waals surface area contributed by atoms with Crippen LogP contribution in [0, 0.1) is 0 Å². The molecule has 0 heterocycles. The Morgan fingerprint density at radius 2 is 1.80 bits per heavy atom. The van der Waals surface area contributed by atoms with Gasteiger partial charge in [-0.2, -0.15) is 0 Å². The maximum Gasteiger partial charge on any atom is 0.214 e. The van der Waals surface area contributed by atoms with Crippen LogP contribution in [-0.4, -0.2) is 35.5 Å². The Hall–Kier alpha value is 0.470. The number of hydrogen-bond acceptors (Lipinski definition) is 1. The Kier molecular flexibility index (Phi) is 8.11. The Morgan fingerprint density at radius 3 is 1.80 bits per heavy atom. The van der Waals surface area contributed by atoms with Gasteiger partial charge in [0.2, 0.25) is 5.91 Å². The molecule has 0 aromatic rings. The molecule has 0 unspecified atom stereocenters. The fraction of sp³-hybridized carbons (Fsp3) is 0.500. The molecule has 0 aromatic heterocycles. The molecule has 0 aromatic carbocycles. The zero-order chi connectivity index (χ0) is 3.58. The number of carbonyl (C=O) groups excluding carboxylic acids is 1. The molecule has 0 spiro atoms. The fourth-order valence-corrected chi connectivity index (χ4v) is 0. The monoisotopic (exact) mass is 82.0 g/mol. The van der Waals surface area contributed by atoms with Crippen molar-refractivity contribution in [1.29, 1.82) is 0 Å². The first-order valence-electron chi connectivity index (χ1n) is 0.993. The third-order valence-electron chi connectivity index (χ3n) is 0. The smallest absolute Gasteiger partial charge is 0.214 e. The maximum absolute atomic E-state index is 9.22. The van der Waals surface area contributed by atoms with Gasteiger partial charge in [0, 0.05) is 36.5 Å². The van der Waals surface area contributed by atoms with Crippen molar-refractivity contribution in [1.82, 2.24) is 0 Å². The molecule has 0 fully saturated rings. The molecule has 2 nitrogen and oxygen atoms in total. The van der Waals surface area contributed by atoms with E-state index < -0.39 is 0 Å². The van der Waals surface area contributed by atoms with Crippen LogP contribution < -0.4 is 5.73 Å². The van der Waals surface area contributed by atoms with Gasteiger partial charge in [-0.3, -0.25) is 4.79 Å². The minimum Gasteiger partial charge on any atom is -0.370 e. The van der Waals surface area contributed by atoms with Crippen molar-refractivity contribution >= 4 is 35.5 Å². The molecule has 1 amide bonds. The number of rotatable bonds is 0. The molecular formula is C2H5NNaO. The average molecular weight is 82.1 g/mol. The second-order valence-corrected chi connectivity index (χ2v) is 0.611. The third-order valence-corrected chi connectivity index (χ3v) is 0. The fourth-order valence-electron chi connectivity index (χ4n) is 0. The molecule has 2 N–H and O–H groups in total. The summed E-state index contributed by atoms with van der Waals surface area (Å²) >= 11 is 0. The molecule has 0 saturated carbocycles. The van der Waals surface area contributed by atoms with Crippen molar-refractivity contribution in [2.24, 2.45) is 5.73 Å². The molecule has 3 heteroatoms. The van der Waals surface area contributed by atoms with E-state index in [1.807, 2.05) is 0 Å². The van der Waals surface area contributed by atoms with E-state index in [2.05, 4.69) is 5.73 Å². The van der Waals surface area contributed by atoms with Gasteiger partial charge in [0.1, 0.15) is 0 Å². The molecule has 0 bridgehead atoms. The number of amides is 1. The summed E-state index contributed by atoms with van der Waals surface area (Å²) in [5.41, 5.74) is 4.47.